The molecule has 0 saturated carbocycles. The van der Waals surface area contributed by atoms with Gasteiger partial charge in [-0.3, -0.25) is 0 Å². The minimum Gasteiger partial charge on any atom is -0.465 e. The number of nitrogens with one attached hydrogen (secondary N) is 1. The Morgan fingerprint density at radius 3 is 2.50 bits per heavy atom. The number of nitrogens with zero attached hydrogens (tertiary/aromatic N) is 2. The first-order valence-electron chi connectivity index (χ1n) is 10.4. The van der Waals surface area contributed by atoms with E-state index in [4.69, 9.17) is 9.84 Å². The first-order chi connectivity index (χ1) is 14.2. The van der Waals surface area contributed by atoms with Crippen LogP contribution in [0.15, 0.2) is 48.5 Å². The van der Waals surface area contributed by atoms with Crippen LogP contribution in [0.2, 0.25) is 0 Å². The third-order valence-electron chi connectivity index (χ3n) is 5.11. The molecule has 0 saturated heterocycles. The van der Waals surface area contributed by atoms with E-state index in [0.717, 1.165) is 41.3 Å². The molecule has 1 N–H and O–H groups in total. The molecule has 0 radical (unpaired) electrons. The fourth-order valence-corrected chi connectivity index (χ4v) is 3.39. The Balaban J connectivity index is 2.14. The molecule has 0 amide bonds. The summed E-state index contributed by atoms with van der Waals surface area (Å²) in [6, 6.07) is 16.0. The summed E-state index contributed by atoms with van der Waals surface area (Å²) < 4.78 is 6.93. The summed E-state index contributed by atoms with van der Waals surface area (Å²) >= 11 is 0. The molecular formula is C25H31N3O2. The molecular weight excluding hydrogens is 374 g/mol. The zero-order chi connectivity index (χ0) is 21.9. The number of methoxy groups -OCH3 is 1. The molecule has 0 unspecified atom stereocenters. The normalized spacial score (nSPS) is 11.4. The topological polar surface area (TPSA) is 56.1 Å². The number of para-hydroxylation sites is 1. The van der Waals surface area contributed by atoms with E-state index in [2.05, 4.69) is 58.1 Å². The second-order valence-corrected chi connectivity index (χ2v) is 8.61. The minimum absolute atomic E-state index is 0.112. The third-order valence-corrected chi connectivity index (χ3v) is 5.11. The standard InChI is InChI=1S/C25H31N3O2/c1-7-10-18-13-14-19(24(29)30-6)20(15-18)26-23-16-22(25(3,4)5)27-28(23)21-12-9-8-11-17(21)2/h8-9,11-16,26H,7,10H2,1-6H3. The van der Waals surface area contributed by atoms with E-state index in [9.17, 15) is 4.79 Å². The van der Waals surface area contributed by atoms with Crippen LogP contribution in [0.1, 0.15) is 61.3 Å². The zero-order valence-electron chi connectivity index (χ0n) is 18.7. The SMILES string of the molecule is CCCc1ccc(C(=O)OC)c(Nc2cc(C(C)(C)C)nn2-c2ccccc2C)c1. The molecule has 0 aliphatic heterocycles. The Morgan fingerprint density at radius 2 is 1.87 bits per heavy atom. The molecule has 0 atom stereocenters. The van der Waals surface area contributed by atoms with Gasteiger partial charge in [0.1, 0.15) is 5.82 Å². The number of ether oxygens (including phenoxy) is 1. The van der Waals surface area contributed by atoms with Crippen LogP contribution in [0, 0.1) is 6.92 Å². The van der Waals surface area contributed by atoms with Gasteiger partial charge in [-0.2, -0.15) is 5.10 Å². The van der Waals surface area contributed by atoms with Gasteiger partial charge in [-0.15, -0.1) is 0 Å². The van der Waals surface area contributed by atoms with Crippen LogP contribution in [0.25, 0.3) is 5.69 Å². The average molecular weight is 406 g/mol. The summed E-state index contributed by atoms with van der Waals surface area (Å²) in [5, 5.41) is 8.37. The lowest BCUT2D eigenvalue weighted by Crippen LogP contribution is -2.13. The van der Waals surface area contributed by atoms with Crippen molar-refractivity contribution in [3.8, 4) is 5.69 Å². The number of carbonyl (C=O) groups is 1. The summed E-state index contributed by atoms with van der Waals surface area (Å²) in [6.07, 6.45) is 1.98. The highest BCUT2D eigenvalue weighted by atomic mass is 16.5. The Morgan fingerprint density at radius 1 is 1.13 bits per heavy atom. The van der Waals surface area contributed by atoms with Crippen molar-refractivity contribution in [1.29, 1.82) is 0 Å². The van der Waals surface area contributed by atoms with Gasteiger partial charge >= 0.3 is 5.97 Å². The molecule has 2 aromatic carbocycles. The fourth-order valence-electron chi connectivity index (χ4n) is 3.39. The molecule has 0 aliphatic carbocycles. The van der Waals surface area contributed by atoms with Crippen molar-refractivity contribution in [2.24, 2.45) is 0 Å². The van der Waals surface area contributed by atoms with Gasteiger partial charge in [0.15, 0.2) is 0 Å². The maximum Gasteiger partial charge on any atom is 0.339 e. The van der Waals surface area contributed by atoms with E-state index in [1.54, 1.807) is 0 Å². The smallest absolute Gasteiger partial charge is 0.339 e. The minimum atomic E-state index is -0.362. The lowest BCUT2D eigenvalue weighted by Gasteiger charge is -2.15. The molecule has 3 aromatic rings. The van der Waals surface area contributed by atoms with Crippen LogP contribution in [0.3, 0.4) is 0 Å². The molecule has 0 spiro atoms. The highest BCUT2D eigenvalue weighted by Crippen LogP contribution is 2.31. The van der Waals surface area contributed by atoms with E-state index >= 15 is 0 Å². The van der Waals surface area contributed by atoms with Gasteiger partial charge in [0.25, 0.3) is 0 Å². The number of hydrogen-bond donors (Lipinski definition) is 1. The number of aryl methyl sites for hydroxylation is 2. The van der Waals surface area contributed by atoms with Crippen molar-refractivity contribution < 1.29 is 9.53 Å². The predicted octanol–water partition coefficient (Wildman–Crippen LogP) is 5.96. The summed E-state index contributed by atoms with van der Waals surface area (Å²) in [5.74, 6) is 0.451. The molecule has 5 nitrogen and oxygen atoms in total. The summed E-state index contributed by atoms with van der Waals surface area (Å²) in [4.78, 5) is 12.4. The lowest BCUT2D eigenvalue weighted by molar-refractivity contribution is 0.0602. The van der Waals surface area contributed by atoms with Crippen LogP contribution >= 0.6 is 0 Å². The van der Waals surface area contributed by atoms with Crippen molar-refractivity contribution >= 4 is 17.5 Å². The molecule has 0 aliphatic rings. The maximum atomic E-state index is 12.4. The number of anilines is 2. The van der Waals surface area contributed by atoms with Gasteiger partial charge in [-0.25, -0.2) is 9.48 Å². The second-order valence-electron chi connectivity index (χ2n) is 8.61. The van der Waals surface area contributed by atoms with Crippen molar-refractivity contribution in [3.05, 3.63) is 70.9 Å². The van der Waals surface area contributed by atoms with Crippen molar-refractivity contribution in [3.63, 3.8) is 0 Å². The van der Waals surface area contributed by atoms with E-state index in [0.29, 0.717) is 5.56 Å². The van der Waals surface area contributed by atoms with Gasteiger partial charge in [0.2, 0.25) is 0 Å². The number of carbonyl (C=O) groups excluding carboxylic acids is 1. The molecule has 30 heavy (non-hydrogen) atoms. The highest BCUT2D eigenvalue weighted by Gasteiger charge is 2.22. The van der Waals surface area contributed by atoms with Gasteiger partial charge in [0.05, 0.1) is 29.7 Å². The van der Waals surface area contributed by atoms with E-state index in [1.807, 2.05) is 35.0 Å². The maximum absolute atomic E-state index is 12.4. The molecule has 1 heterocycles. The van der Waals surface area contributed by atoms with Crippen molar-refractivity contribution in [2.75, 3.05) is 12.4 Å². The highest BCUT2D eigenvalue weighted by molar-refractivity contribution is 5.96. The fraction of sp³-hybridized carbons (Fsp3) is 0.360. The first-order valence-corrected chi connectivity index (χ1v) is 10.4. The Bertz CT molecular complexity index is 1040. The molecule has 1 aromatic heterocycles. The Hall–Kier alpha value is -3.08. The first kappa shape index (κ1) is 21.6. The molecule has 0 bridgehead atoms. The number of aromatic nitrogens is 2. The van der Waals surface area contributed by atoms with Crippen molar-refractivity contribution in [2.45, 2.75) is 52.9 Å². The van der Waals surface area contributed by atoms with Gasteiger partial charge in [0, 0.05) is 11.5 Å². The van der Waals surface area contributed by atoms with E-state index < -0.39 is 0 Å². The van der Waals surface area contributed by atoms with Gasteiger partial charge < -0.3 is 10.1 Å². The quantitative estimate of drug-likeness (QED) is 0.514. The third kappa shape index (κ3) is 4.56. The summed E-state index contributed by atoms with van der Waals surface area (Å²) in [6.45, 7) is 10.6. The predicted molar refractivity (Wildman–Crippen MR) is 122 cm³/mol. The molecule has 5 heteroatoms. The van der Waals surface area contributed by atoms with Gasteiger partial charge in [-0.1, -0.05) is 58.4 Å². The number of hydrogen-bond acceptors (Lipinski definition) is 4. The Kier molecular flexibility index (Phi) is 6.30. The monoisotopic (exact) mass is 405 g/mol. The average Bonchev–Trinajstić information content (AvgIpc) is 3.12. The number of esters is 1. The van der Waals surface area contributed by atoms with Crippen molar-refractivity contribution in [1.82, 2.24) is 9.78 Å². The second kappa shape index (κ2) is 8.74. The zero-order valence-corrected chi connectivity index (χ0v) is 18.7. The number of rotatable bonds is 6. The Labute approximate surface area is 179 Å². The largest absolute Gasteiger partial charge is 0.465 e. The van der Waals surface area contributed by atoms with E-state index in [-0.39, 0.29) is 11.4 Å². The van der Waals surface area contributed by atoms with Crippen LogP contribution < -0.4 is 5.32 Å². The lowest BCUT2D eigenvalue weighted by atomic mass is 9.92. The van der Waals surface area contributed by atoms with Gasteiger partial charge in [-0.05, 0) is 42.7 Å². The van der Waals surface area contributed by atoms with Crippen LogP contribution in [-0.4, -0.2) is 22.9 Å². The summed E-state index contributed by atoms with van der Waals surface area (Å²) in [5.41, 5.74) is 5.38. The molecule has 158 valence electrons. The van der Waals surface area contributed by atoms with Crippen LogP contribution in [0.5, 0.6) is 0 Å². The van der Waals surface area contributed by atoms with Crippen LogP contribution in [-0.2, 0) is 16.6 Å². The molecule has 0 fully saturated rings. The van der Waals surface area contributed by atoms with Crippen LogP contribution in [0.4, 0.5) is 11.5 Å². The summed E-state index contributed by atoms with van der Waals surface area (Å²) in [7, 11) is 1.40. The molecule has 3 rings (SSSR count). The number of benzene rings is 2. The van der Waals surface area contributed by atoms with E-state index in [1.165, 1.54) is 12.7 Å².